The molecular weight excluding hydrogens is 200 g/mol. The molecule has 0 amide bonds. The van der Waals surface area contributed by atoms with Gasteiger partial charge in [0.25, 0.3) is 0 Å². The molecule has 0 aliphatic rings. The molecule has 0 unspecified atom stereocenters. The fourth-order valence-electron chi connectivity index (χ4n) is 1.21. The Bertz CT molecular complexity index is 358. The number of rotatable bonds is 4. The molecule has 0 aliphatic heterocycles. The van der Waals surface area contributed by atoms with Crippen LogP contribution >= 0.6 is 11.6 Å². The summed E-state index contributed by atoms with van der Waals surface area (Å²) in [4.78, 5) is 21.6. The average molecular weight is 211 g/mol. The highest BCUT2D eigenvalue weighted by atomic mass is 35.5. The molecule has 0 saturated heterocycles. The van der Waals surface area contributed by atoms with Crippen LogP contribution in [0.15, 0.2) is 18.2 Å². The number of aldehydes is 1. The van der Waals surface area contributed by atoms with Crippen molar-refractivity contribution < 1.29 is 9.59 Å². The van der Waals surface area contributed by atoms with Crippen molar-refractivity contribution in [2.75, 3.05) is 5.88 Å². The smallest absolute Gasteiger partial charge is 0.151 e. The summed E-state index contributed by atoms with van der Waals surface area (Å²) >= 11 is 5.41. The summed E-state index contributed by atoms with van der Waals surface area (Å²) in [6.07, 6.45) is 1.07. The van der Waals surface area contributed by atoms with Crippen molar-refractivity contribution in [1.82, 2.24) is 0 Å². The first-order chi connectivity index (χ1) is 6.67. The highest BCUT2D eigenvalue weighted by molar-refractivity contribution is 6.27. The first kappa shape index (κ1) is 10.9. The maximum atomic E-state index is 11.1. The van der Waals surface area contributed by atoms with E-state index in [-0.39, 0.29) is 11.7 Å². The number of halogens is 1. The van der Waals surface area contributed by atoms with Gasteiger partial charge in [0.1, 0.15) is 6.29 Å². The normalized spacial score (nSPS) is 9.86. The number of benzene rings is 1. The minimum absolute atomic E-state index is 0.0186. The van der Waals surface area contributed by atoms with Gasteiger partial charge >= 0.3 is 0 Å². The summed E-state index contributed by atoms with van der Waals surface area (Å²) in [5.74, 6) is -0.0112. The molecule has 0 saturated carbocycles. The van der Waals surface area contributed by atoms with Crippen LogP contribution in [-0.4, -0.2) is 17.9 Å². The third-order valence-electron chi connectivity index (χ3n) is 2.05. The zero-order valence-electron chi connectivity index (χ0n) is 7.92. The van der Waals surface area contributed by atoms with Crippen molar-refractivity contribution in [3.05, 3.63) is 34.9 Å². The topological polar surface area (TPSA) is 34.1 Å². The average Bonchev–Trinajstić information content (AvgIpc) is 2.21. The first-order valence-electron chi connectivity index (χ1n) is 4.29. The fraction of sp³-hybridized carbons (Fsp3) is 0.273. The molecular formula is C11H11ClO2. The molecule has 0 fully saturated rings. The van der Waals surface area contributed by atoms with Gasteiger partial charge in [-0.05, 0) is 24.1 Å². The molecule has 14 heavy (non-hydrogen) atoms. The van der Waals surface area contributed by atoms with Gasteiger partial charge in [-0.1, -0.05) is 12.1 Å². The Morgan fingerprint density at radius 1 is 1.50 bits per heavy atom. The van der Waals surface area contributed by atoms with Crippen molar-refractivity contribution in [3.63, 3.8) is 0 Å². The van der Waals surface area contributed by atoms with E-state index in [1.165, 1.54) is 0 Å². The maximum absolute atomic E-state index is 11.1. The SMILES string of the molecule is Cc1ccc(C=O)cc1CC(=O)CCl. The van der Waals surface area contributed by atoms with Gasteiger partial charge in [-0.25, -0.2) is 0 Å². The molecule has 0 aromatic heterocycles. The Hall–Kier alpha value is -1.15. The van der Waals surface area contributed by atoms with E-state index < -0.39 is 0 Å². The van der Waals surface area contributed by atoms with Crippen LogP contribution in [0, 0.1) is 6.92 Å². The molecule has 0 N–H and O–H groups in total. The minimum atomic E-state index is -0.0298. The van der Waals surface area contributed by atoms with Gasteiger partial charge in [0, 0.05) is 12.0 Å². The standard InChI is InChI=1S/C11H11ClO2/c1-8-2-3-9(7-13)4-10(8)5-11(14)6-12/h2-4,7H,5-6H2,1H3. The van der Waals surface area contributed by atoms with E-state index in [9.17, 15) is 9.59 Å². The molecule has 1 rings (SSSR count). The predicted molar refractivity (Wildman–Crippen MR) is 56.0 cm³/mol. The van der Waals surface area contributed by atoms with E-state index >= 15 is 0 Å². The van der Waals surface area contributed by atoms with Crippen LogP contribution in [0.5, 0.6) is 0 Å². The Morgan fingerprint density at radius 3 is 2.79 bits per heavy atom. The predicted octanol–water partition coefficient (Wildman–Crippen LogP) is 2.16. The lowest BCUT2D eigenvalue weighted by atomic mass is 10.0. The van der Waals surface area contributed by atoms with Crippen molar-refractivity contribution >= 4 is 23.7 Å². The summed E-state index contributed by atoms with van der Waals surface area (Å²) in [7, 11) is 0. The Kier molecular flexibility index (Phi) is 3.84. The Morgan fingerprint density at radius 2 is 2.21 bits per heavy atom. The molecule has 74 valence electrons. The van der Waals surface area contributed by atoms with Crippen LogP contribution in [-0.2, 0) is 11.2 Å². The van der Waals surface area contributed by atoms with E-state index in [1.807, 2.05) is 13.0 Å². The van der Waals surface area contributed by atoms with E-state index in [4.69, 9.17) is 11.6 Å². The van der Waals surface area contributed by atoms with E-state index in [0.717, 1.165) is 17.4 Å². The molecule has 0 radical (unpaired) electrons. The number of hydrogen-bond acceptors (Lipinski definition) is 2. The largest absolute Gasteiger partial charge is 0.298 e. The van der Waals surface area contributed by atoms with Gasteiger partial charge in [0.15, 0.2) is 5.78 Å². The molecule has 1 aromatic rings. The summed E-state index contributed by atoms with van der Waals surface area (Å²) in [5.41, 5.74) is 2.47. The van der Waals surface area contributed by atoms with Gasteiger partial charge in [0.2, 0.25) is 0 Å². The van der Waals surface area contributed by atoms with Gasteiger partial charge in [-0.2, -0.15) is 0 Å². The Labute approximate surface area is 87.9 Å². The molecule has 0 aliphatic carbocycles. The first-order valence-corrected chi connectivity index (χ1v) is 4.83. The number of aryl methyl sites for hydroxylation is 1. The Balaban J connectivity index is 2.94. The summed E-state index contributed by atoms with van der Waals surface area (Å²) in [6.45, 7) is 1.91. The lowest BCUT2D eigenvalue weighted by molar-refractivity contribution is -0.116. The van der Waals surface area contributed by atoms with Crippen molar-refractivity contribution in [1.29, 1.82) is 0 Å². The molecule has 2 nitrogen and oxygen atoms in total. The van der Waals surface area contributed by atoms with Gasteiger partial charge < -0.3 is 0 Å². The van der Waals surface area contributed by atoms with Crippen molar-refractivity contribution in [2.24, 2.45) is 0 Å². The van der Waals surface area contributed by atoms with Gasteiger partial charge in [-0.15, -0.1) is 11.6 Å². The summed E-state index contributed by atoms with van der Waals surface area (Å²) in [5, 5.41) is 0. The van der Waals surface area contributed by atoms with Crippen LogP contribution in [0.1, 0.15) is 21.5 Å². The van der Waals surface area contributed by atoms with Crippen LogP contribution in [0.3, 0.4) is 0 Å². The molecule has 0 heterocycles. The van der Waals surface area contributed by atoms with E-state index in [0.29, 0.717) is 12.0 Å². The van der Waals surface area contributed by atoms with Crippen molar-refractivity contribution in [3.8, 4) is 0 Å². The monoisotopic (exact) mass is 210 g/mol. The minimum Gasteiger partial charge on any atom is -0.298 e. The fourth-order valence-corrected chi connectivity index (χ4v) is 1.31. The number of ketones is 1. The van der Waals surface area contributed by atoms with E-state index in [1.54, 1.807) is 12.1 Å². The van der Waals surface area contributed by atoms with Crippen LogP contribution in [0.2, 0.25) is 0 Å². The number of carbonyl (C=O) groups is 2. The molecule has 0 bridgehead atoms. The lowest BCUT2D eigenvalue weighted by Crippen LogP contribution is -2.05. The van der Waals surface area contributed by atoms with Crippen LogP contribution in [0.25, 0.3) is 0 Å². The van der Waals surface area contributed by atoms with Crippen molar-refractivity contribution in [2.45, 2.75) is 13.3 Å². The van der Waals surface area contributed by atoms with Crippen LogP contribution in [0.4, 0.5) is 0 Å². The zero-order chi connectivity index (χ0) is 10.6. The third kappa shape index (κ3) is 2.67. The quantitative estimate of drug-likeness (QED) is 0.564. The molecule has 0 spiro atoms. The number of alkyl halides is 1. The number of hydrogen-bond donors (Lipinski definition) is 0. The molecule has 0 atom stereocenters. The third-order valence-corrected chi connectivity index (χ3v) is 2.34. The lowest BCUT2D eigenvalue weighted by Gasteiger charge is -2.04. The molecule has 1 aromatic carbocycles. The second kappa shape index (κ2) is 4.91. The van der Waals surface area contributed by atoms with Gasteiger partial charge in [0.05, 0.1) is 5.88 Å². The summed E-state index contributed by atoms with van der Waals surface area (Å²) in [6, 6.07) is 5.30. The summed E-state index contributed by atoms with van der Waals surface area (Å²) < 4.78 is 0. The zero-order valence-corrected chi connectivity index (χ0v) is 8.67. The number of carbonyl (C=O) groups excluding carboxylic acids is 2. The van der Waals surface area contributed by atoms with E-state index in [2.05, 4.69) is 0 Å². The van der Waals surface area contributed by atoms with Gasteiger partial charge in [-0.3, -0.25) is 9.59 Å². The van der Waals surface area contributed by atoms with Crippen LogP contribution < -0.4 is 0 Å². The number of Topliss-reactive ketones (excluding diaryl/α,β-unsaturated/α-hetero) is 1. The molecule has 3 heteroatoms. The highest BCUT2D eigenvalue weighted by Crippen LogP contribution is 2.11. The second-order valence-electron chi connectivity index (χ2n) is 3.15. The highest BCUT2D eigenvalue weighted by Gasteiger charge is 2.05. The second-order valence-corrected chi connectivity index (χ2v) is 3.42. The maximum Gasteiger partial charge on any atom is 0.151 e.